The van der Waals surface area contributed by atoms with E-state index in [2.05, 4.69) is 15.2 Å². The summed E-state index contributed by atoms with van der Waals surface area (Å²) in [6, 6.07) is 0. The Morgan fingerprint density at radius 1 is 1.31 bits per heavy atom. The summed E-state index contributed by atoms with van der Waals surface area (Å²) in [6.45, 7) is 4.64. The van der Waals surface area contributed by atoms with E-state index in [0.717, 1.165) is 13.1 Å². The van der Waals surface area contributed by atoms with Crippen LogP contribution in [-0.4, -0.2) is 42.9 Å². The van der Waals surface area contributed by atoms with E-state index in [9.17, 15) is 4.79 Å². The molecular weight excluding hydrogens is 204 g/mol. The van der Waals surface area contributed by atoms with Crippen molar-refractivity contribution >= 4 is 11.9 Å². The van der Waals surface area contributed by atoms with E-state index in [-0.39, 0.29) is 5.91 Å². The normalized spacial score (nSPS) is 18.1. The third-order valence-corrected chi connectivity index (χ3v) is 2.69. The Morgan fingerprint density at radius 3 is 2.50 bits per heavy atom. The van der Waals surface area contributed by atoms with Crippen LogP contribution >= 0.6 is 0 Å². The third kappa shape index (κ3) is 5.00. The van der Waals surface area contributed by atoms with E-state index in [1.54, 1.807) is 0 Å². The standard InChI is InChI=1S/C11H22N4O/c1-10(16)13-6-7-14-11(12)15-8-4-2-3-5-9-15/h2-9H2,1H3,(H2,12,14)(H,13,16). The Balaban J connectivity index is 2.27. The number of carbonyl (C=O) groups excluding carboxylic acids is 1. The number of nitrogens with zero attached hydrogens (tertiary/aromatic N) is 2. The molecule has 5 nitrogen and oxygen atoms in total. The Kier molecular flexibility index (Phi) is 5.67. The topological polar surface area (TPSA) is 70.7 Å². The van der Waals surface area contributed by atoms with Gasteiger partial charge >= 0.3 is 0 Å². The molecule has 5 heteroatoms. The number of rotatable bonds is 3. The summed E-state index contributed by atoms with van der Waals surface area (Å²) in [5, 5.41) is 2.70. The highest BCUT2D eigenvalue weighted by atomic mass is 16.1. The predicted molar refractivity (Wildman–Crippen MR) is 65.2 cm³/mol. The highest BCUT2D eigenvalue weighted by Crippen LogP contribution is 2.08. The molecule has 0 aromatic carbocycles. The summed E-state index contributed by atoms with van der Waals surface area (Å²) in [5.74, 6) is 0.593. The van der Waals surface area contributed by atoms with E-state index in [4.69, 9.17) is 5.73 Å². The molecule has 1 rings (SSSR count). The van der Waals surface area contributed by atoms with Gasteiger partial charge in [0.2, 0.25) is 5.91 Å². The van der Waals surface area contributed by atoms with Crippen molar-refractivity contribution in [3.8, 4) is 0 Å². The van der Waals surface area contributed by atoms with Crippen molar-refractivity contribution in [3.05, 3.63) is 0 Å². The molecule has 0 aromatic rings. The van der Waals surface area contributed by atoms with Crippen molar-refractivity contribution < 1.29 is 4.79 Å². The van der Waals surface area contributed by atoms with E-state index in [1.165, 1.54) is 32.6 Å². The quantitative estimate of drug-likeness (QED) is 0.413. The van der Waals surface area contributed by atoms with Gasteiger partial charge in [-0.15, -0.1) is 0 Å². The first-order valence-corrected chi connectivity index (χ1v) is 5.99. The summed E-state index contributed by atoms with van der Waals surface area (Å²) in [4.78, 5) is 17.0. The smallest absolute Gasteiger partial charge is 0.216 e. The molecular formula is C11H22N4O. The number of amides is 1. The second-order valence-electron chi connectivity index (χ2n) is 4.12. The van der Waals surface area contributed by atoms with Crippen molar-refractivity contribution in [2.24, 2.45) is 10.7 Å². The summed E-state index contributed by atoms with van der Waals surface area (Å²) in [6.07, 6.45) is 4.97. The minimum absolute atomic E-state index is 0.0245. The SMILES string of the molecule is CC(=O)NCCN=C(N)N1CCCCCC1. The molecule has 0 spiro atoms. The first kappa shape index (κ1) is 12.8. The monoisotopic (exact) mass is 226 g/mol. The predicted octanol–water partition coefficient (Wildman–Crippen LogP) is 0.313. The van der Waals surface area contributed by atoms with Crippen LogP contribution in [0.1, 0.15) is 32.6 Å². The van der Waals surface area contributed by atoms with Gasteiger partial charge in [0.1, 0.15) is 0 Å². The van der Waals surface area contributed by atoms with Crippen LogP contribution in [0.4, 0.5) is 0 Å². The van der Waals surface area contributed by atoms with Gasteiger partial charge in [0.25, 0.3) is 0 Å². The average Bonchev–Trinajstić information content (AvgIpc) is 2.52. The number of nitrogens with one attached hydrogen (secondary N) is 1. The fourth-order valence-electron chi connectivity index (χ4n) is 1.80. The summed E-state index contributed by atoms with van der Waals surface area (Å²) >= 11 is 0. The van der Waals surface area contributed by atoms with E-state index in [1.807, 2.05) is 0 Å². The molecule has 0 bridgehead atoms. The molecule has 1 saturated heterocycles. The van der Waals surface area contributed by atoms with Gasteiger partial charge in [-0.3, -0.25) is 9.79 Å². The number of hydrogen-bond acceptors (Lipinski definition) is 2. The van der Waals surface area contributed by atoms with Crippen LogP contribution in [0.25, 0.3) is 0 Å². The fourth-order valence-corrected chi connectivity index (χ4v) is 1.80. The number of carbonyl (C=O) groups is 1. The Hall–Kier alpha value is -1.26. The second kappa shape index (κ2) is 7.09. The molecule has 1 fully saturated rings. The van der Waals surface area contributed by atoms with Gasteiger partial charge in [-0.25, -0.2) is 0 Å². The lowest BCUT2D eigenvalue weighted by atomic mass is 10.2. The molecule has 0 unspecified atom stereocenters. The molecule has 92 valence electrons. The average molecular weight is 226 g/mol. The lowest BCUT2D eigenvalue weighted by Crippen LogP contribution is -2.38. The summed E-state index contributed by atoms with van der Waals surface area (Å²) in [7, 11) is 0. The zero-order valence-corrected chi connectivity index (χ0v) is 10.0. The van der Waals surface area contributed by atoms with Gasteiger partial charge in [-0.05, 0) is 12.8 Å². The molecule has 1 amide bonds. The number of guanidine groups is 1. The number of nitrogens with two attached hydrogens (primary N) is 1. The van der Waals surface area contributed by atoms with Crippen molar-refractivity contribution in [2.45, 2.75) is 32.6 Å². The van der Waals surface area contributed by atoms with Crippen molar-refractivity contribution in [1.82, 2.24) is 10.2 Å². The van der Waals surface area contributed by atoms with Gasteiger partial charge in [0.05, 0.1) is 6.54 Å². The summed E-state index contributed by atoms with van der Waals surface area (Å²) < 4.78 is 0. The lowest BCUT2D eigenvalue weighted by Gasteiger charge is -2.21. The minimum atomic E-state index is -0.0245. The molecule has 1 aliphatic heterocycles. The van der Waals surface area contributed by atoms with E-state index >= 15 is 0 Å². The Morgan fingerprint density at radius 2 is 1.94 bits per heavy atom. The first-order chi connectivity index (χ1) is 7.70. The molecule has 0 radical (unpaired) electrons. The van der Waals surface area contributed by atoms with Crippen LogP contribution in [0.15, 0.2) is 4.99 Å². The van der Waals surface area contributed by atoms with Gasteiger partial charge in [0, 0.05) is 26.6 Å². The van der Waals surface area contributed by atoms with Gasteiger partial charge in [-0.1, -0.05) is 12.8 Å². The molecule has 0 saturated carbocycles. The number of aliphatic imine (C=N–C) groups is 1. The van der Waals surface area contributed by atoms with Crippen LogP contribution in [-0.2, 0) is 4.79 Å². The minimum Gasteiger partial charge on any atom is -0.370 e. The molecule has 3 N–H and O–H groups in total. The van der Waals surface area contributed by atoms with Crippen LogP contribution in [0.5, 0.6) is 0 Å². The maximum Gasteiger partial charge on any atom is 0.216 e. The van der Waals surface area contributed by atoms with Crippen LogP contribution < -0.4 is 11.1 Å². The van der Waals surface area contributed by atoms with Crippen LogP contribution in [0.2, 0.25) is 0 Å². The maximum absolute atomic E-state index is 10.6. The number of hydrogen-bond donors (Lipinski definition) is 2. The van der Waals surface area contributed by atoms with Crippen LogP contribution in [0, 0.1) is 0 Å². The molecule has 16 heavy (non-hydrogen) atoms. The molecule has 0 atom stereocenters. The van der Waals surface area contributed by atoms with E-state index in [0.29, 0.717) is 19.0 Å². The molecule has 0 aromatic heterocycles. The second-order valence-corrected chi connectivity index (χ2v) is 4.12. The molecule has 0 aliphatic carbocycles. The van der Waals surface area contributed by atoms with Gasteiger partial charge < -0.3 is 16.0 Å². The first-order valence-electron chi connectivity index (χ1n) is 5.99. The Labute approximate surface area is 97.1 Å². The molecule has 1 aliphatic rings. The largest absolute Gasteiger partial charge is 0.370 e. The van der Waals surface area contributed by atoms with Gasteiger partial charge in [0.15, 0.2) is 5.96 Å². The molecule has 1 heterocycles. The lowest BCUT2D eigenvalue weighted by molar-refractivity contribution is -0.118. The third-order valence-electron chi connectivity index (χ3n) is 2.69. The zero-order chi connectivity index (χ0) is 11.8. The Bertz CT molecular complexity index is 244. The van der Waals surface area contributed by atoms with Crippen molar-refractivity contribution in [1.29, 1.82) is 0 Å². The zero-order valence-electron chi connectivity index (χ0n) is 10.0. The van der Waals surface area contributed by atoms with Crippen LogP contribution in [0.3, 0.4) is 0 Å². The highest BCUT2D eigenvalue weighted by molar-refractivity contribution is 5.78. The van der Waals surface area contributed by atoms with Crippen molar-refractivity contribution in [2.75, 3.05) is 26.2 Å². The van der Waals surface area contributed by atoms with E-state index < -0.39 is 0 Å². The summed E-state index contributed by atoms with van der Waals surface area (Å²) in [5.41, 5.74) is 5.90. The maximum atomic E-state index is 10.6. The van der Waals surface area contributed by atoms with Crippen molar-refractivity contribution in [3.63, 3.8) is 0 Å². The fraction of sp³-hybridized carbons (Fsp3) is 0.818. The number of likely N-dealkylation sites (tertiary alicyclic amines) is 1. The highest BCUT2D eigenvalue weighted by Gasteiger charge is 2.10. The van der Waals surface area contributed by atoms with Gasteiger partial charge in [-0.2, -0.15) is 0 Å².